The molecular formula is C22H40IN7O2. The third kappa shape index (κ3) is 6.80. The highest BCUT2D eigenvalue weighted by Gasteiger charge is 2.30. The topological polar surface area (TPSA) is 78.2 Å². The number of anilines is 1. The first kappa shape index (κ1) is 26.8. The number of ether oxygens (including phenoxy) is 1. The number of aliphatic imine (C=N–C) groups is 1. The molecule has 2 saturated heterocycles. The third-order valence-corrected chi connectivity index (χ3v) is 6.39. The van der Waals surface area contributed by atoms with Gasteiger partial charge in [-0.1, -0.05) is 26.7 Å². The number of aromatic nitrogens is 2. The van der Waals surface area contributed by atoms with Crippen LogP contribution in [0.15, 0.2) is 17.4 Å². The van der Waals surface area contributed by atoms with Crippen LogP contribution in [0.2, 0.25) is 0 Å². The van der Waals surface area contributed by atoms with E-state index in [1.165, 1.54) is 0 Å². The van der Waals surface area contributed by atoms with Crippen LogP contribution in [0.3, 0.4) is 0 Å². The summed E-state index contributed by atoms with van der Waals surface area (Å²) in [5.74, 6) is 1.52. The van der Waals surface area contributed by atoms with Gasteiger partial charge in [-0.25, -0.2) is 0 Å². The zero-order valence-corrected chi connectivity index (χ0v) is 22.3. The van der Waals surface area contributed by atoms with E-state index in [0.717, 1.165) is 70.4 Å². The lowest BCUT2D eigenvalue weighted by Crippen LogP contribution is -2.56. The maximum Gasteiger partial charge on any atom is 0.246 e. The Hall–Kier alpha value is -1.40. The van der Waals surface area contributed by atoms with Gasteiger partial charge in [0.1, 0.15) is 6.54 Å². The predicted octanol–water partition coefficient (Wildman–Crippen LogP) is 1.79. The van der Waals surface area contributed by atoms with Gasteiger partial charge < -0.3 is 19.9 Å². The summed E-state index contributed by atoms with van der Waals surface area (Å²) in [5, 5.41) is 7.61. The second-order valence-electron chi connectivity index (χ2n) is 8.33. The highest BCUT2D eigenvalue weighted by atomic mass is 127. The van der Waals surface area contributed by atoms with Crippen molar-refractivity contribution < 1.29 is 9.53 Å². The minimum atomic E-state index is 0. The lowest BCUT2D eigenvalue weighted by molar-refractivity contribution is -0.120. The van der Waals surface area contributed by atoms with Crippen LogP contribution in [0.1, 0.15) is 33.6 Å². The van der Waals surface area contributed by atoms with Crippen molar-refractivity contribution in [3.8, 4) is 0 Å². The lowest BCUT2D eigenvalue weighted by Gasteiger charge is -2.39. The fraction of sp³-hybridized carbons (Fsp3) is 0.773. The van der Waals surface area contributed by atoms with Crippen LogP contribution in [0, 0.1) is 5.92 Å². The summed E-state index contributed by atoms with van der Waals surface area (Å²) in [4.78, 5) is 24.3. The van der Waals surface area contributed by atoms with E-state index in [1.807, 2.05) is 18.1 Å². The summed E-state index contributed by atoms with van der Waals surface area (Å²) in [6, 6.07) is 0.403. The molecule has 3 heterocycles. The molecule has 2 fully saturated rings. The number of halogens is 1. The molecule has 0 bridgehead atoms. The summed E-state index contributed by atoms with van der Waals surface area (Å²) >= 11 is 0. The monoisotopic (exact) mass is 561 g/mol. The van der Waals surface area contributed by atoms with Crippen LogP contribution in [0.5, 0.6) is 0 Å². The summed E-state index contributed by atoms with van der Waals surface area (Å²) in [7, 11) is 1.87. The van der Waals surface area contributed by atoms with E-state index in [-0.39, 0.29) is 29.9 Å². The Morgan fingerprint density at radius 1 is 1.19 bits per heavy atom. The number of guanidine groups is 1. The van der Waals surface area contributed by atoms with E-state index < -0.39 is 0 Å². The Balaban J connectivity index is 0.00000363. The number of morpholine rings is 1. The molecule has 1 aromatic heterocycles. The average Bonchev–Trinajstić information content (AvgIpc) is 3.22. The van der Waals surface area contributed by atoms with Crippen LogP contribution < -0.4 is 10.2 Å². The fourth-order valence-corrected chi connectivity index (χ4v) is 4.59. The van der Waals surface area contributed by atoms with Crippen LogP contribution in [-0.4, -0.2) is 96.5 Å². The van der Waals surface area contributed by atoms with Gasteiger partial charge in [-0.15, -0.1) is 24.0 Å². The SMILES string of the molecule is CCNC(=NCC(C(CC)CC)N1CCOCC1)N1CCN(c2cnn(C)c2)C(=O)C1.I. The lowest BCUT2D eigenvalue weighted by atomic mass is 9.92. The number of nitrogens with one attached hydrogen (secondary N) is 1. The van der Waals surface area contributed by atoms with Gasteiger partial charge in [0.2, 0.25) is 5.91 Å². The standard InChI is InChI=1S/C22H39N7O2.HI/c1-5-18(6-2)20(27-10-12-31-13-11-27)15-24-22(23-7-3)28-8-9-29(21(30)17-28)19-14-25-26(4)16-19;/h14,16,18,20H,5-13,15,17H2,1-4H3,(H,23,24);1H. The van der Waals surface area contributed by atoms with Crippen molar-refractivity contribution >= 4 is 41.5 Å². The fourth-order valence-electron chi connectivity index (χ4n) is 4.59. The Morgan fingerprint density at radius 2 is 1.91 bits per heavy atom. The maximum atomic E-state index is 12.9. The number of nitrogens with zero attached hydrogens (tertiary/aromatic N) is 6. The van der Waals surface area contributed by atoms with Crippen LogP contribution in [0.25, 0.3) is 0 Å². The third-order valence-electron chi connectivity index (χ3n) is 6.39. The molecule has 3 rings (SSSR count). The van der Waals surface area contributed by atoms with E-state index in [1.54, 1.807) is 10.9 Å². The van der Waals surface area contributed by atoms with Crippen LogP contribution in [0.4, 0.5) is 5.69 Å². The molecule has 0 radical (unpaired) electrons. The van der Waals surface area contributed by atoms with Crippen LogP contribution in [-0.2, 0) is 16.6 Å². The molecule has 182 valence electrons. The molecule has 0 aromatic carbocycles. The second-order valence-corrected chi connectivity index (χ2v) is 8.33. The Morgan fingerprint density at radius 3 is 2.47 bits per heavy atom. The number of rotatable bonds is 8. The van der Waals surface area contributed by atoms with Gasteiger partial charge in [-0.3, -0.25) is 19.4 Å². The van der Waals surface area contributed by atoms with E-state index in [4.69, 9.17) is 9.73 Å². The van der Waals surface area contributed by atoms with Crippen molar-refractivity contribution in [1.82, 2.24) is 24.9 Å². The minimum absolute atomic E-state index is 0. The molecule has 0 saturated carbocycles. The smallest absolute Gasteiger partial charge is 0.246 e. The van der Waals surface area contributed by atoms with Crippen LogP contribution >= 0.6 is 24.0 Å². The summed E-state index contributed by atoms with van der Waals surface area (Å²) < 4.78 is 7.30. The number of carbonyl (C=O) groups is 1. The van der Waals surface area contributed by atoms with Gasteiger partial charge in [0.15, 0.2) is 5.96 Å². The molecule has 1 N–H and O–H groups in total. The summed E-state index contributed by atoms with van der Waals surface area (Å²) in [5.41, 5.74) is 0.857. The van der Waals surface area contributed by atoms with Crippen molar-refractivity contribution in [2.75, 3.05) is 63.9 Å². The molecule has 2 aliphatic rings. The molecule has 1 atom stereocenters. The van der Waals surface area contributed by atoms with E-state index >= 15 is 0 Å². The van der Waals surface area contributed by atoms with Gasteiger partial charge in [-0.2, -0.15) is 5.10 Å². The van der Waals surface area contributed by atoms with Crippen molar-refractivity contribution in [3.63, 3.8) is 0 Å². The largest absolute Gasteiger partial charge is 0.379 e. The number of hydrogen-bond acceptors (Lipinski definition) is 5. The molecule has 10 heteroatoms. The first-order valence-electron chi connectivity index (χ1n) is 11.7. The maximum absolute atomic E-state index is 12.9. The van der Waals surface area contributed by atoms with Gasteiger partial charge in [0.05, 0.1) is 31.6 Å². The van der Waals surface area contributed by atoms with E-state index in [9.17, 15) is 4.79 Å². The molecule has 0 spiro atoms. The zero-order valence-electron chi connectivity index (χ0n) is 20.0. The van der Waals surface area contributed by atoms with E-state index in [2.05, 4.69) is 41.0 Å². The number of hydrogen-bond donors (Lipinski definition) is 1. The molecular weight excluding hydrogens is 521 g/mol. The van der Waals surface area contributed by atoms with Crippen molar-refractivity contribution in [2.45, 2.75) is 39.7 Å². The Labute approximate surface area is 209 Å². The highest BCUT2D eigenvalue weighted by Crippen LogP contribution is 2.21. The molecule has 1 aromatic rings. The molecule has 9 nitrogen and oxygen atoms in total. The van der Waals surface area contributed by atoms with Gasteiger partial charge in [-0.05, 0) is 12.8 Å². The Kier molecular flexibility index (Phi) is 11.2. The van der Waals surface area contributed by atoms with Crippen molar-refractivity contribution in [3.05, 3.63) is 12.4 Å². The van der Waals surface area contributed by atoms with E-state index in [0.29, 0.717) is 25.0 Å². The molecule has 1 amide bonds. The molecule has 0 aliphatic carbocycles. The Bertz CT molecular complexity index is 732. The highest BCUT2D eigenvalue weighted by molar-refractivity contribution is 14.0. The minimum Gasteiger partial charge on any atom is -0.379 e. The summed E-state index contributed by atoms with van der Waals surface area (Å²) in [6.07, 6.45) is 5.92. The van der Waals surface area contributed by atoms with Crippen molar-refractivity contribution in [2.24, 2.45) is 18.0 Å². The number of amides is 1. The molecule has 32 heavy (non-hydrogen) atoms. The quantitative estimate of drug-likeness (QED) is 0.297. The zero-order chi connectivity index (χ0) is 22.2. The molecule has 1 unspecified atom stereocenters. The van der Waals surface area contributed by atoms with Gasteiger partial charge in [0, 0.05) is 52.0 Å². The first-order valence-corrected chi connectivity index (χ1v) is 11.7. The number of piperazine rings is 1. The van der Waals surface area contributed by atoms with Gasteiger partial charge in [0.25, 0.3) is 0 Å². The van der Waals surface area contributed by atoms with Gasteiger partial charge >= 0.3 is 0 Å². The summed E-state index contributed by atoms with van der Waals surface area (Å²) in [6.45, 7) is 13.4. The second kappa shape index (κ2) is 13.3. The molecule has 2 aliphatic heterocycles. The predicted molar refractivity (Wildman–Crippen MR) is 139 cm³/mol. The first-order chi connectivity index (χ1) is 15.1. The normalized spacial score (nSPS) is 19.3. The van der Waals surface area contributed by atoms with Crippen molar-refractivity contribution in [1.29, 1.82) is 0 Å². The average molecular weight is 562 g/mol. The number of aryl methyl sites for hydroxylation is 1. The number of carbonyl (C=O) groups excluding carboxylic acids is 1.